The monoisotopic (exact) mass is 167 g/mol. The van der Waals surface area contributed by atoms with E-state index in [1.807, 2.05) is 0 Å². The van der Waals surface area contributed by atoms with E-state index in [4.69, 9.17) is 11.8 Å². The number of nitrogens with zero attached hydrogens (tertiary/aromatic N) is 1. The van der Waals surface area contributed by atoms with Crippen molar-refractivity contribution in [3.8, 4) is 0 Å². The Kier molecular flexibility index (Phi) is 2.63. The van der Waals surface area contributed by atoms with Gasteiger partial charge in [-0.3, -0.25) is 0 Å². The van der Waals surface area contributed by atoms with Crippen LogP contribution in [0.15, 0.2) is 11.7 Å². The van der Waals surface area contributed by atoms with Crippen molar-refractivity contribution < 1.29 is 8.78 Å². The van der Waals surface area contributed by atoms with Crippen molar-refractivity contribution in [1.29, 1.82) is 0 Å². The van der Waals surface area contributed by atoms with Crippen LogP contribution in [-0.4, -0.2) is 17.5 Å². The normalized spacial score (nSPS) is 21.3. The summed E-state index contributed by atoms with van der Waals surface area (Å²) in [6.07, 6.45) is -0.706. The molecule has 1 aliphatic rings. The molecule has 0 saturated carbocycles. The van der Waals surface area contributed by atoms with Gasteiger partial charge in [0.25, 0.3) is 6.08 Å². The lowest BCUT2D eigenvalue weighted by Gasteiger charge is -2.20. The summed E-state index contributed by atoms with van der Waals surface area (Å²) in [7, 11) is 0. The molecular formula is C6H8ClF2N. The van der Waals surface area contributed by atoms with Crippen LogP contribution >= 0.6 is 11.8 Å². The number of hydrogen-bond acceptors (Lipinski definition) is 1. The van der Waals surface area contributed by atoms with Gasteiger partial charge >= 0.3 is 0 Å². The van der Waals surface area contributed by atoms with Crippen molar-refractivity contribution >= 4 is 11.8 Å². The summed E-state index contributed by atoms with van der Waals surface area (Å²) < 4.78 is 25.3. The molecule has 0 radical (unpaired) electrons. The maximum atomic E-state index is 11.9. The SMILES string of the molecule is FC(F)=C1CCN(Cl)CC1. The highest BCUT2D eigenvalue weighted by molar-refractivity contribution is 6.13. The fraction of sp³-hybridized carbons (Fsp3) is 0.667. The second kappa shape index (κ2) is 3.30. The minimum atomic E-state index is -1.52. The van der Waals surface area contributed by atoms with Gasteiger partial charge < -0.3 is 0 Å². The van der Waals surface area contributed by atoms with E-state index in [2.05, 4.69) is 0 Å². The minimum absolute atomic E-state index is 0.261. The van der Waals surface area contributed by atoms with Crippen LogP contribution in [0.25, 0.3) is 0 Å². The standard InChI is InChI=1S/C6H8ClF2N/c7-10-3-1-5(2-4-10)6(8)9/h1-4H2. The number of hydrogen-bond donors (Lipinski definition) is 0. The number of halogens is 3. The largest absolute Gasteiger partial charge is 0.269 e. The first-order chi connectivity index (χ1) is 4.70. The summed E-state index contributed by atoms with van der Waals surface area (Å²) in [5.74, 6) is 0. The van der Waals surface area contributed by atoms with Crippen LogP contribution in [0, 0.1) is 0 Å². The molecule has 1 heterocycles. The Bertz CT molecular complexity index is 144. The zero-order chi connectivity index (χ0) is 7.56. The molecule has 1 nitrogen and oxygen atoms in total. The summed E-state index contributed by atoms with van der Waals surface area (Å²) in [6, 6.07) is 0. The minimum Gasteiger partial charge on any atom is -0.220 e. The summed E-state index contributed by atoms with van der Waals surface area (Å²) in [6.45, 7) is 1.07. The zero-order valence-corrected chi connectivity index (χ0v) is 6.17. The van der Waals surface area contributed by atoms with Gasteiger partial charge in [0.15, 0.2) is 0 Å². The Morgan fingerprint density at radius 2 is 1.80 bits per heavy atom. The highest BCUT2D eigenvalue weighted by Crippen LogP contribution is 2.21. The van der Waals surface area contributed by atoms with E-state index in [1.165, 1.54) is 4.42 Å². The molecule has 0 atom stereocenters. The van der Waals surface area contributed by atoms with E-state index in [9.17, 15) is 8.78 Å². The van der Waals surface area contributed by atoms with Crippen LogP contribution in [0.5, 0.6) is 0 Å². The first kappa shape index (κ1) is 7.95. The summed E-state index contributed by atoms with van der Waals surface area (Å²) in [5.41, 5.74) is 0.261. The van der Waals surface area contributed by atoms with Gasteiger partial charge in [-0.15, -0.1) is 0 Å². The summed E-state index contributed by atoms with van der Waals surface area (Å²) >= 11 is 5.55. The Morgan fingerprint density at radius 1 is 1.30 bits per heavy atom. The van der Waals surface area contributed by atoms with Gasteiger partial charge in [-0.1, -0.05) is 0 Å². The Morgan fingerprint density at radius 3 is 2.20 bits per heavy atom. The molecule has 0 aromatic rings. The van der Waals surface area contributed by atoms with Crippen LogP contribution in [0.3, 0.4) is 0 Å². The predicted octanol–water partition coefficient (Wildman–Crippen LogP) is 2.39. The third-order valence-corrected chi connectivity index (χ3v) is 1.92. The predicted molar refractivity (Wildman–Crippen MR) is 35.9 cm³/mol. The van der Waals surface area contributed by atoms with Gasteiger partial charge in [0.1, 0.15) is 0 Å². The van der Waals surface area contributed by atoms with Crippen molar-refractivity contribution in [2.24, 2.45) is 0 Å². The second-order valence-electron chi connectivity index (χ2n) is 2.27. The third-order valence-electron chi connectivity index (χ3n) is 1.58. The Hall–Kier alpha value is -0.150. The Labute approximate surface area is 63.4 Å². The van der Waals surface area contributed by atoms with Crippen molar-refractivity contribution in [3.63, 3.8) is 0 Å². The fourth-order valence-electron chi connectivity index (χ4n) is 0.938. The molecule has 0 aliphatic carbocycles. The first-order valence-corrected chi connectivity index (χ1v) is 3.47. The molecule has 58 valence electrons. The van der Waals surface area contributed by atoms with E-state index < -0.39 is 6.08 Å². The van der Waals surface area contributed by atoms with Crippen molar-refractivity contribution in [2.45, 2.75) is 12.8 Å². The Balaban J connectivity index is 2.48. The number of rotatable bonds is 0. The van der Waals surface area contributed by atoms with Crippen LogP contribution in [0.4, 0.5) is 8.78 Å². The first-order valence-electron chi connectivity index (χ1n) is 3.14. The van der Waals surface area contributed by atoms with E-state index in [1.54, 1.807) is 0 Å². The van der Waals surface area contributed by atoms with Gasteiger partial charge in [0.2, 0.25) is 0 Å². The van der Waals surface area contributed by atoms with Gasteiger partial charge in [0.05, 0.1) is 0 Å². The zero-order valence-electron chi connectivity index (χ0n) is 5.41. The molecule has 4 heteroatoms. The summed E-state index contributed by atoms with van der Waals surface area (Å²) in [5, 5.41) is 0. The number of piperidine rings is 1. The van der Waals surface area contributed by atoms with Crippen LogP contribution in [-0.2, 0) is 0 Å². The molecule has 1 saturated heterocycles. The molecule has 0 spiro atoms. The molecule has 0 aromatic carbocycles. The third kappa shape index (κ3) is 1.92. The average Bonchev–Trinajstić information content (AvgIpc) is 1.88. The van der Waals surface area contributed by atoms with Crippen molar-refractivity contribution in [1.82, 2.24) is 4.42 Å². The highest BCUT2D eigenvalue weighted by Gasteiger charge is 2.15. The molecule has 0 N–H and O–H groups in total. The lowest BCUT2D eigenvalue weighted by Crippen LogP contribution is -2.21. The van der Waals surface area contributed by atoms with Crippen LogP contribution in [0.1, 0.15) is 12.8 Å². The molecule has 1 rings (SSSR count). The lowest BCUT2D eigenvalue weighted by molar-refractivity contribution is 0.363. The fourth-order valence-corrected chi connectivity index (χ4v) is 1.11. The molecule has 10 heavy (non-hydrogen) atoms. The maximum absolute atomic E-state index is 11.9. The molecule has 1 fully saturated rings. The lowest BCUT2D eigenvalue weighted by atomic mass is 10.1. The van der Waals surface area contributed by atoms with E-state index in [-0.39, 0.29) is 5.57 Å². The topological polar surface area (TPSA) is 3.24 Å². The quantitative estimate of drug-likeness (QED) is 0.501. The molecule has 0 bridgehead atoms. The molecule has 0 unspecified atom stereocenters. The van der Waals surface area contributed by atoms with Gasteiger partial charge in [-0.2, -0.15) is 8.78 Å². The highest BCUT2D eigenvalue weighted by atomic mass is 35.5. The van der Waals surface area contributed by atoms with Crippen LogP contribution in [0.2, 0.25) is 0 Å². The van der Waals surface area contributed by atoms with Crippen LogP contribution < -0.4 is 0 Å². The van der Waals surface area contributed by atoms with E-state index in [0.717, 1.165) is 0 Å². The molecule has 0 amide bonds. The van der Waals surface area contributed by atoms with Crippen molar-refractivity contribution in [3.05, 3.63) is 11.7 Å². The molecular weight excluding hydrogens is 160 g/mol. The van der Waals surface area contributed by atoms with Gasteiger partial charge in [-0.05, 0) is 30.2 Å². The van der Waals surface area contributed by atoms with Gasteiger partial charge in [-0.25, -0.2) is 4.42 Å². The summed E-state index contributed by atoms with van der Waals surface area (Å²) in [4.78, 5) is 0. The van der Waals surface area contributed by atoms with E-state index in [0.29, 0.717) is 25.9 Å². The maximum Gasteiger partial charge on any atom is 0.269 e. The van der Waals surface area contributed by atoms with Gasteiger partial charge in [0, 0.05) is 13.1 Å². The smallest absolute Gasteiger partial charge is 0.220 e. The van der Waals surface area contributed by atoms with Crippen molar-refractivity contribution in [2.75, 3.05) is 13.1 Å². The average molecular weight is 168 g/mol. The molecule has 1 aliphatic heterocycles. The van der Waals surface area contributed by atoms with E-state index >= 15 is 0 Å². The molecule has 0 aromatic heterocycles. The second-order valence-corrected chi connectivity index (χ2v) is 2.75.